The lowest BCUT2D eigenvalue weighted by atomic mass is 10.1. The Hall–Kier alpha value is -1.92. The largest absolute Gasteiger partial charge is 0.493 e. The van der Waals surface area contributed by atoms with Gasteiger partial charge in [0.1, 0.15) is 5.75 Å². The standard InChI is InChI=1S/C14H18N4O2/c1-18(2)8-11(15)13-16-14(20-17-13)10-3-4-12-9(7-10)5-6-19-12/h3-4,7,11H,5-6,8,15H2,1-2H3. The zero-order valence-electron chi connectivity index (χ0n) is 11.7. The van der Waals surface area contributed by atoms with Crippen LogP contribution in [0.1, 0.15) is 17.4 Å². The Morgan fingerprint density at radius 2 is 2.25 bits per heavy atom. The molecular weight excluding hydrogens is 256 g/mol. The van der Waals surface area contributed by atoms with E-state index in [0.29, 0.717) is 18.3 Å². The summed E-state index contributed by atoms with van der Waals surface area (Å²) in [6.07, 6.45) is 0.921. The predicted molar refractivity (Wildman–Crippen MR) is 74.4 cm³/mol. The minimum atomic E-state index is -0.250. The topological polar surface area (TPSA) is 77.4 Å². The van der Waals surface area contributed by atoms with Crippen molar-refractivity contribution in [3.05, 3.63) is 29.6 Å². The normalized spacial score (nSPS) is 15.2. The molecule has 20 heavy (non-hydrogen) atoms. The van der Waals surface area contributed by atoms with Gasteiger partial charge >= 0.3 is 0 Å². The highest BCUT2D eigenvalue weighted by atomic mass is 16.5. The van der Waals surface area contributed by atoms with Gasteiger partial charge in [0.15, 0.2) is 5.82 Å². The first-order valence-electron chi connectivity index (χ1n) is 6.63. The summed E-state index contributed by atoms with van der Waals surface area (Å²) in [6, 6.07) is 5.66. The second-order valence-electron chi connectivity index (χ2n) is 5.25. The summed E-state index contributed by atoms with van der Waals surface area (Å²) in [4.78, 5) is 6.38. The lowest BCUT2D eigenvalue weighted by Gasteiger charge is -2.12. The second-order valence-corrected chi connectivity index (χ2v) is 5.25. The highest BCUT2D eigenvalue weighted by molar-refractivity contribution is 5.58. The predicted octanol–water partition coefficient (Wildman–Crippen LogP) is 1.23. The van der Waals surface area contributed by atoms with Gasteiger partial charge in [0.05, 0.1) is 12.6 Å². The molecule has 0 aliphatic carbocycles. The van der Waals surface area contributed by atoms with Gasteiger partial charge in [-0.3, -0.25) is 0 Å². The molecule has 1 aliphatic rings. The first-order chi connectivity index (χ1) is 9.63. The van der Waals surface area contributed by atoms with Crippen LogP contribution in [0.25, 0.3) is 11.5 Å². The molecule has 0 fully saturated rings. The fraction of sp³-hybridized carbons (Fsp3) is 0.429. The monoisotopic (exact) mass is 274 g/mol. The lowest BCUT2D eigenvalue weighted by molar-refractivity contribution is 0.356. The van der Waals surface area contributed by atoms with Crippen molar-refractivity contribution < 1.29 is 9.26 Å². The minimum Gasteiger partial charge on any atom is -0.493 e. The van der Waals surface area contributed by atoms with Crippen molar-refractivity contribution in [2.75, 3.05) is 27.2 Å². The first kappa shape index (κ1) is 13.1. The molecule has 1 aromatic heterocycles. The van der Waals surface area contributed by atoms with Crippen molar-refractivity contribution >= 4 is 0 Å². The number of hydrogen-bond acceptors (Lipinski definition) is 6. The number of likely N-dealkylation sites (N-methyl/N-ethyl adjacent to an activating group) is 1. The molecule has 106 valence electrons. The van der Waals surface area contributed by atoms with Crippen LogP contribution in [0, 0.1) is 0 Å². The van der Waals surface area contributed by atoms with Crippen molar-refractivity contribution in [2.24, 2.45) is 5.73 Å². The summed E-state index contributed by atoms with van der Waals surface area (Å²) < 4.78 is 10.8. The van der Waals surface area contributed by atoms with E-state index in [0.717, 1.165) is 24.3 Å². The number of nitrogens with zero attached hydrogens (tertiary/aromatic N) is 3. The summed E-state index contributed by atoms with van der Waals surface area (Å²) in [5.74, 6) is 1.98. The van der Waals surface area contributed by atoms with Crippen LogP contribution in [-0.4, -0.2) is 42.3 Å². The van der Waals surface area contributed by atoms with Crippen LogP contribution in [-0.2, 0) is 6.42 Å². The molecule has 3 rings (SSSR count). The smallest absolute Gasteiger partial charge is 0.257 e. The fourth-order valence-corrected chi connectivity index (χ4v) is 2.30. The van der Waals surface area contributed by atoms with E-state index in [-0.39, 0.29) is 6.04 Å². The van der Waals surface area contributed by atoms with Crippen LogP contribution >= 0.6 is 0 Å². The van der Waals surface area contributed by atoms with E-state index in [1.54, 1.807) is 0 Å². The molecular formula is C14H18N4O2. The molecule has 2 heterocycles. The van der Waals surface area contributed by atoms with Crippen molar-refractivity contribution in [1.29, 1.82) is 0 Å². The summed E-state index contributed by atoms with van der Waals surface area (Å²) in [5.41, 5.74) is 8.12. The maximum Gasteiger partial charge on any atom is 0.257 e. The zero-order valence-corrected chi connectivity index (χ0v) is 11.7. The molecule has 0 spiro atoms. The lowest BCUT2D eigenvalue weighted by Crippen LogP contribution is -2.26. The quantitative estimate of drug-likeness (QED) is 0.903. The molecule has 2 aromatic rings. The van der Waals surface area contributed by atoms with Gasteiger partial charge in [-0.1, -0.05) is 5.16 Å². The van der Waals surface area contributed by atoms with Gasteiger partial charge in [-0.15, -0.1) is 0 Å². The maximum absolute atomic E-state index is 6.03. The van der Waals surface area contributed by atoms with Gasteiger partial charge < -0.3 is 19.9 Å². The van der Waals surface area contributed by atoms with Crippen LogP contribution in [0.2, 0.25) is 0 Å². The van der Waals surface area contributed by atoms with Crippen molar-refractivity contribution in [2.45, 2.75) is 12.5 Å². The van der Waals surface area contributed by atoms with E-state index < -0.39 is 0 Å². The summed E-state index contributed by atoms with van der Waals surface area (Å²) in [7, 11) is 3.92. The van der Waals surface area contributed by atoms with Crippen LogP contribution in [0.3, 0.4) is 0 Å². The Labute approximate surface area is 117 Å². The number of fused-ring (bicyclic) bond motifs is 1. The Bertz CT molecular complexity index is 609. The molecule has 0 bridgehead atoms. The van der Waals surface area contributed by atoms with Gasteiger partial charge in [-0.05, 0) is 37.9 Å². The molecule has 2 N–H and O–H groups in total. The highest BCUT2D eigenvalue weighted by Crippen LogP contribution is 2.30. The number of benzene rings is 1. The highest BCUT2D eigenvalue weighted by Gasteiger charge is 2.18. The summed E-state index contributed by atoms with van der Waals surface area (Å²) in [5, 5.41) is 3.97. The number of aromatic nitrogens is 2. The van der Waals surface area contributed by atoms with Crippen molar-refractivity contribution in [3.8, 4) is 17.2 Å². The average molecular weight is 274 g/mol. The van der Waals surface area contributed by atoms with Gasteiger partial charge in [0.2, 0.25) is 0 Å². The van der Waals surface area contributed by atoms with E-state index in [1.165, 1.54) is 5.56 Å². The molecule has 1 aliphatic heterocycles. The SMILES string of the molecule is CN(C)CC(N)c1noc(-c2ccc3c(c2)CCO3)n1. The van der Waals surface area contributed by atoms with Crippen molar-refractivity contribution in [1.82, 2.24) is 15.0 Å². The Kier molecular flexibility index (Phi) is 3.42. The molecule has 1 unspecified atom stereocenters. The van der Waals surface area contributed by atoms with Gasteiger partial charge in [-0.2, -0.15) is 4.98 Å². The van der Waals surface area contributed by atoms with Crippen LogP contribution in [0.4, 0.5) is 0 Å². The Morgan fingerprint density at radius 1 is 1.40 bits per heavy atom. The third-order valence-corrected chi connectivity index (χ3v) is 3.27. The number of nitrogens with two attached hydrogens (primary N) is 1. The Balaban J connectivity index is 1.83. The Morgan fingerprint density at radius 3 is 3.05 bits per heavy atom. The molecule has 6 heteroatoms. The molecule has 0 saturated carbocycles. The third-order valence-electron chi connectivity index (χ3n) is 3.27. The molecule has 1 aromatic carbocycles. The number of hydrogen-bond donors (Lipinski definition) is 1. The van der Waals surface area contributed by atoms with E-state index in [4.69, 9.17) is 15.0 Å². The minimum absolute atomic E-state index is 0.250. The molecule has 6 nitrogen and oxygen atoms in total. The van der Waals surface area contributed by atoms with Crippen LogP contribution in [0.5, 0.6) is 5.75 Å². The van der Waals surface area contributed by atoms with E-state index in [1.807, 2.05) is 37.2 Å². The van der Waals surface area contributed by atoms with Crippen molar-refractivity contribution in [3.63, 3.8) is 0 Å². The molecule has 0 amide bonds. The maximum atomic E-state index is 6.03. The number of rotatable bonds is 4. The van der Waals surface area contributed by atoms with Gasteiger partial charge in [0.25, 0.3) is 5.89 Å². The third kappa shape index (κ3) is 2.52. The van der Waals surface area contributed by atoms with Crippen LogP contribution < -0.4 is 10.5 Å². The van der Waals surface area contributed by atoms with Crippen LogP contribution in [0.15, 0.2) is 22.7 Å². The first-order valence-corrected chi connectivity index (χ1v) is 6.63. The molecule has 0 saturated heterocycles. The zero-order chi connectivity index (χ0) is 14.1. The van der Waals surface area contributed by atoms with Gasteiger partial charge in [0, 0.05) is 18.5 Å². The van der Waals surface area contributed by atoms with E-state index >= 15 is 0 Å². The molecule has 0 radical (unpaired) electrons. The summed E-state index contributed by atoms with van der Waals surface area (Å²) >= 11 is 0. The average Bonchev–Trinajstić information content (AvgIpc) is 3.06. The van der Waals surface area contributed by atoms with E-state index in [2.05, 4.69) is 10.1 Å². The number of ether oxygens (including phenoxy) is 1. The fourth-order valence-electron chi connectivity index (χ4n) is 2.30. The van der Waals surface area contributed by atoms with Gasteiger partial charge in [-0.25, -0.2) is 0 Å². The molecule has 1 atom stereocenters. The summed E-state index contributed by atoms with van der Waals surface area (Å²) in [6.45, 7) is 1.42. The van der Waals surface area contributed by atoms with E-state index in [9.17, 15) is 0 Å². The second kappa shape index (κ2) is 5.22.